The SMILES string of the molecule is CC(=O)[C@]1(c2ccccc2)C[C@@H](C)C=C(c2ccccc2)O1. The van der Waals surface area contributed by atoms with Crippen LogP contribution in [0.1, 0.15) is 31.4 Å². The summed E-state index contributed by atoms with van der Waals surface area (Å²) in [6.45, 7) is 3.75. The van der Waals surface area contributed by atoms with Crippen molar-refractivity contribution >= 4 is 11.5 Å². The van der Waals surface area contributed by atoms with Gasteiger partial charge in [0.15, 0.2) is 11.4 Å². The molecule has 0 amide bonds. The second-order valence-electron chi connectivity index (χ2n) is 5.93. The molecule has 0 fully saturated rings. The van der Waals surface area contributed by atoms with E-state index in [2.05, 4.69) is 13.0 Å². The van der Waals surface area contributed by atoms with Crippen LogP contribution in [0.5, 0.6) is 0 Å². The predicted octanol–water partition coefficient (Wildman–Crippen LogP) is 4.57. The van der Waals surface area contributed by atoms with Gasteiger partial charge in [-0.3, -0.25) is 4.79 Å². The monoisotopic (exact) mass is 292 g/mol. The molecule has 0 aliphatic carbocycles. The van der Waals surface area contributed by atoms with Gasteiger partial charge in [-0.2, -0.15) is 0 Å². The van der Waals surface area contributed by atoms with Crippen LogP contribution in [0.4, 0.5) is 0 Å². The van der Waals surface area contributed by atoms with Crippen LogP contribution in [0.15, 0.2) is 66.7 Å². The second kappa shape index (κ2) is 5.80. The van der Waals surface area contributed by atoms with Crippen molar-refractivity contribution in [3.63, 3.8) is 0 Å². The lowest BCUT2D eigenvalue weighted by molar-refractivity contribution is -0.138. The van der Waals surface area contributed by atoms with Crippen LogP contribution in [-0.2, 0) is 15.1 Å². The van der Waals surface area contributed by atoms with Crippen molar-refractivity contribution in [1.82, 2.24) is 0 Å². The molecule has 0 saturated carbocycles. The number of ether oxygens (including phenoxy) is 1. The third-order valence-electron chi connectivity index (χ3n) is 4.20. The number of Topliss-reactive ketones (excluding diaryl/α,β-unsaturated/α-hetero) is 1. The van der Waals surface area contributed by atoms with Crippen LogP contribution in [0.3, 0.4) is 0 Å². The van der Waals surface area contributed by atoms with Gasteiger partial charge in [-0.25, -0.2) is 0 Å². The van der Waals surface area contributed by atoms with Gasteiger partial charge in [-0.15, -0.1) is 0 Å². The molecule has 22 heavy (non-hydrogen) atoms. The topological polar surface area (TPSA) is 26.3 Å². The molecule has 1 aliphatic heterocycles. The zero-order valence-electron chi connectivity index (χ0n) is 13.0. The summed E-state index contributed by atoms with van der Waals surface area (Å²) >= 11 is 0. The average molecular weight is 292 g/mol. The third kappa shape index (κ3) is 2.57. The molecule has 0 saturated heterocycles. The highest BCUT2D eigenvalue weighted by atomic mass is 16.5. The molecular weight excluding hydrogens is 272 g/mol. The van der Waals surface area contributed by atoms with Crippen molar-refractivity contribution in [2.24, 2.45) is 5.92 Å². The summed E-state index contributed by atoms with van der Waals surface area (Å²) < 4.78 is 6.29. The van der Waals surface area contributed by atoms with E-state index in [1.807, 2.05) is 60.7 Å². The van der Waals surface area contributed by atoms with Crippen LogP contribution in [0, 0.1) is 5.92 Å². The first-order valence-electron chi connectivity index (χ1n) is 7.64. The molecule has 0 bridgehead atoms. The maximum absolute atomic E-state index is 12.5. The first-order chi connectivity index (χ1) is 10.6. The summed E-state index contributed by atoms with van der Waals surface area (Å²) in [7, 11) is 0. The summed E-state index contributed by atoms with van der Waals surface area (Å²) in [6.07, 6.45) is 2.78. The minimum atomic E-state index is -0.888. The minimum Gasteiger partial charge on any atom is -0.474 e. The largest absolute Gasteiger partial charge is 0.474 e. The van der Waals surface area contributed by atoms with Gasteiger partial charge in [-0.1, -0.05) is 67.6 Å². The molecule has 1 aliphatic rings. The first-order valence-corrected chi connectivity index (χ1v) is 7.64. The van der Waals surface area contributed by atoms with Gasteiger partial charge in [0.25, 0.3) is 0 Å². The van der Waals surface area contributed by atoms with E-state index in [1.54, 1.807) is 6.92 Å². The quantitative estimate of drug-likeness (QED) is 0.828. The summed E-state index contributed by atoms with van der Waals surface area (Å²) in [6, 6.07) is 19.8. The molecule has 0 N–H and O–H groups in total. The number of carbonyl (C=O) groups excluding carboxylic acids is 1. The molecule has 0 radical (unpaired) electrons. The van der Waals surface area contributed by atoms with E-state index in [-0.39, 0.29) is 11.7 Å². The fraction of sp³-hybridized carbons (Fsp3) is 0.250. The highest BCUT2D eigenvalue weighted by Crippen LogP contribution is 2.42. The number of hydrogen-bond acceptors (Lipinski definition) is 2. The van der Waals surface area contributed by atoms with E-state index >= 15 is 0 Å². The van der Waals surface area contributed by atoms with Crippen LogP contribution >= 0.6 is 0 Å². The second-order valence-corrected chi connectivity index (χ2v) is 5.93. The van der Waals surface area contributed by atoms with Gasteiger partial charge in [0.1, 0.15) is 5.76 Å². The van der Waals surface area contributed by atoms with E-state index < -0.39 is 5.60 Å². The number of rotatable bonds is 3. The molecule has 1 heterocycles. The molecule has 3 rings (SSSR count). The molecule has 2 aromatic rings. The molecule has 2 aromatic carbocycles. The normalized spacial score (nSPS) is 24.3. The number of ketones is 1. The van der Waals surface area contributed by atoms with Crippen molar-refractivity contribution in [2.45, 2.75) is 25.9 Å². The van der Waals surface area contributed by atoms with Crippen LogP contribution in [0.2, 0.25) is 0 Å². The minimum absolute atomic E-state index is 0.0482. The van der Waals surface area contributed by atoms with E-state index in [0.29, 0.717) is 6.42 Å². The molecule has 2 nitrogen and oxygen atoms in total. The lowest BCUT2D eigenvalue weighted by Crippen LogP contribution is -2.40. The maximum Gasteiger partial charge on any atom is 0.192 e. The van der Waals surface area contributed by atoms with Crippen molar-refractivity contribution in [3.8, 4) is 0 Å². The van der Waals surface area contributed by atoms with Gasteiger partial charge in [0.05, 0.1) is 0 Å². The lowest BCUT2D eigenvalue weighted by Gasteiger charge is -2.38. The third-order valence-corrected chi connectivity index (χ3v) is 4.20. The molecule has 0 spiro atoms. The Morgan fingerprint density at radius 1 is 1.05 bits per heavy atom. The highest BCUT2D eigenvalue weighted by molar-refractivity contribution is 5.88. The Labute approximate surface area is 131 Å². The average Bonchev–Trinajstić information content (AvgIpc) is 2.55. The Balaban J connectivity index is 2.07. The van der Waals surface area contributed by atoms with Gasteiger partial charge in [0.2, 0.25) is 0 Å². The van der Waals surface area contributed by atoms with Gasteiger partial charge < -0.3 is 4.74 Å². The van der Waals surface area contributed by atoms with Crippen molar-refractivity contribution in [2.75, 3.05) is 0 Å². The number of benzene rings is 2. The van der Waals surface area contributed by atoms with Crippen LogP contribution in [-0.4, -0.2) is 5.78 Å². The zero-order valence-corrected chi connectivity index (χ0v) is 13.0. The number of allylic oxidation sites excluding steroid dienone is 1. The lowest BCUT2D eigenvalue weighted by atomic mass is 9.79. The standard InChI is InChI=1S/C20H20O2/c1-15-13-19(17-9-5-3-6-10-17)22-20(14-15,16(2)21)18-11-7-4-8-12-18/h3-13,15H,14H2,1-2H3/t15-,20-/m0/s1. The van der Waals surface area contributed by atoms with Gasteiger partial charge >= 0.3 is 0 Å². The fourth-order valence-electron chi connectivity index (χ4n) is 3.09. The fourth-order valence-corrected chi connectivity index (χ4v) is 3.09. The predicted molar refractivity (Wildman–Crippen MR) is 88.1 cm³/mol. The van der Waals surface area contributed by atoms with Crippen molar-refractivity contribution in [3.05, 3.63) is 77.9 Å². The summed E-state index contributed by atoms with van der Waals surface area (Å²) in [5.74, 6) is 1.11. The molecule has 112 valence electrons. The highest BCUT2D eigenvalue weighted by Gasteiger charge is 2.43. The maximum atomic E-state index is 12.5. The molecule has 0 unspecified atom stereocenters. The van der Waals surface area contributed by atoms with E-state index in [9.17, 15) is 4.79 Å². The first kappa shape index (κ1) is 14.6. The summed E-state index contributed by atoms with van der Waals surface area (Å²) in [5.41, 5.74) is 1.05. The van der Waals surface area contributed by atoms with Gasteiger partial charge in [-0.05, 0) is 18.9 Å². The van der Waals surface area contributed by atoms with Crippen molar-refractivity contribution in [1.29, 1.82) is 0 Å². The van der Waals surface area contributed by atoms with Crippen LogP contribution in [0.25, 0.3) is 5.76 Å². The number of carbonyl (C=O) groups is 1. The van der Waals surface area contributed by atoms with Gasteiger partial charge in [0, 0.05) is 17.5 Å². The molecule has 2 atom stereocenters. The zero-order chi connectivity index (χ0) is 15.6. The molecular formula is C20H20O2. The Bertz CT molecular complexity index is 688. The van der Waals surface area contributed by atoms with E-state index in [1.165, 1.54) is 0 Å². The number of hydrogen-bond donors (Lipinski definition) is 0. The van der Waals surface area contributed by atoms with E-state index in [4.69, 9.17) is 4.74 Å². The van der Waals surface area contributed by atoms with Crippen LogP contribution < -0.4 is 0 Å². The Morgan fingerprint density at radius 3 is 2.23 bits per heavy atom. The summed E-state index contributed by atoms with van der Waals surface area (Å²) in [4.78, 5) is 12.5. The van der Waals surface area contributed by atoms with E-state index in [0.717, 1.165) is 16.9 Å². The Kier molecular flexibility index (Phi) is 3.84. The molecule has 0 aromatic heterocycles. The van der Waals surface area contributed by atoms with Crippen molar-refractivity contribution < 1.29 is 9.53 Å². The Morgan fingerprint density at radius 2 is 1.64 bits per heavy atom. The summed E-state index contributed by atoms with van der Waals surface area (Å²) in [5, 5.41) is 0. The molecule has 2 heteroatoms. The Hall–Kier alpha value is -2.35. The smallest absolute Gasteiger partial charge is 0.192 e.